The van der Waals surface area contributed by atoms with Gasteiger partial charge in [-0.15, -0.1) is 6.42 Å². The maximum absolute atomic E-state index is 14.6. The monoisotopic (exact) mass is 589 g/mol. The van der Waals surface area contributed by atoms with Crippen molar-refractivity contribution in [3.63, 3.8) is 0 Å². The number of amides is 3. The van der Waals surface area contributed by atoms with E-state index in [0.717, 1.165) is 16.3 Å². The minimum atomic E-state index is -1.10. The molecule has 0 heterocycles. The van der Waals surface area contributed by atoms with Crippen molar-refractivity contribution in [3.8, 4) is 12.3 Å². The quantitative estimate of drug-likeness (QED) is 0.209. The van der Waals surface area contributed by atoms with Gasteiger partial charge in [-0.05, 0) is 74.7 Å². The van der Waals surface area contributed by atoms with E-state index in [-0.39, 0.29) is 6.42 Å². The van der Waals surface area contributed by atoms with Crippen LogP contribution < -0.4 is 10.6 Å². The molecule has 2 atom stereocenters. The van der Waals surface area contributed by atoms with Crippen LogP contribution in [0.3, 0.4) is 0 Å². The third kappa shape index (κ3) is 8.05. The van der Waals surface area contributed by atoms with Gasteiger partial charge in [0.15, 0.2) is 0 Å². The highest BCUT2D eigenvalue weighted by molar-refractivity contribution is 6.01. The normalized spacial score (nSPS) is 12.6. The van der Waals surface area contributed by atoms with Gasteiger partial charge in [0.05, 0.1) is 0 Å². The number of carbonyl (C=O) groups excluding carboxylic acids is 3. The fourth-order valence-corrected chi connectivity index (χ4v) is 5.12. The molecule has 4 rings (SSSR count). The highest BCUT2D eigenvalue weighted by Crippen LogP contribution is 2.30. The predicted molar refractivity (Wildman–Crippen MR) is 175 cm³/mol. The van der Waals surface area contributed by atoms with Crippen LogP contribution in [0.1, 0.15) is 57.4 Å². The zero-order valence-corrected chi connectivity index (χ0v) is 25.8. The zero-order valence-electron chi connectivity index (χ0n) is 25.8. The molecule has 4 aromatic rings. The standard InChI is InChI=1S/C37H39N3O4/c1-7-27-17-13-14-20-31(27)33(34(41)38-30-22-21-28-18-11-12-19-29(28)24-30)40(25(2)3)35(42)32(23-26-15-9-8-10-16-26)39-36(43)44-37(4,5)6/h1,8-22,24-25,32-33H,23H2,2-6H3,(H,38,41)(H,39,43). The molecule has 226 valence electrons. The summed E-state index contributed by atoms with van der Waals surface area (Å²) in [6.45, 7) is 8.93. The van der Waals surface area contributed by atoms with Crippen LogP contribution in [0.4, 0.5) is 10.5 Å². The predicted octanol–water partition coefficient (Wildman–Crippen LogP) is 6.87. The van der Waals surface area contributed by atoms with Gasteiger partial charge in [0.1, 0.15) is 17.7 Å². The van der Waals surface area contributed by atoms with Crippen LogP contribution in [-0.4, -0.2) is 40.5 Å². The van der Waals surface area contributed by atoms with Gasteiger partial charge in [-0.1, -0.05) is 84.8 Å². The second-order valence-corrected chi connectivity index (χ2v) is 11.9. The van der Waals surface area contributed by atoms with E-state index < -0.39 is 41.6 Å². The maximum atomic E-state index is 14.6. The molecule has 7 heteroatoms. The number of nitrogens with one attached hydrogen (secondary N) is 2. The number of terminal acetylenes is 1. The number of fused-ring (bicyclic) bond motifs is 1. The minimum absolute atomic E-state index is 0.192. The molecule has 0 aliphatic heterocycles. The number of carbonyl (C=O) groups is 3. The minimum Gasteiger partial charge on any atom is -0.444 e. The molecule has 0 aliphatic rings. The molecule has 2 unspecified atom stereocenters. The van der Waals surface area contributed by atoms with E-state index in [1.165, 1.54) is 4.90 Å². The molecule has 0 saturated heterocycles. The average molecular weight is 590 g/mol. The van der Waals surface area contributed by atoms with E-state index in [9.17, 15) is 14.4 Å². The number of hydrogen-bond acceptors (Lipinski definition) is 4. The van der Waals surface area contributed by atoms with Gasteiger partial charge >= 0.3 is 6.09 Å². The van der Waals surface area contributed by atoms with Crippen molar-refractivity contribution in [2.75, 3.05) is 5.32 Å². The van der Waals surface area contributed by atoms with Gasteiger partial charge in [-0.2, -0.15) is 0 Å². The Morgan fingerprint density at radius 1 is 0.864 bits per heavy atom. The first-order valence-electron chi connectivity index (χ1n) is 14.7. The van der Waals surface area contributed by atoms with E-state index in [4.69, 9.17) is 11.2 Å². The van der Waals surface area contributed by atoms with Crippen LogP contribution in [0.2, 0.25) is 0 Å². The molecule has 0 saturated carbocycles. The molecule has 0 spiro atoms. The molecule has 0 fully saturated rings. The molecule has 4 aromatic carbocycles. The number of alkyl carbamates (subject to hydrolysis) is 1. The van der Waals surface area contributed by atoms with Crippen molar-refractivity contribution < 1.29 is 19.1 Å². The molecule has 7 nitrogen and oxygen atoms in total. The first-order valence-corrected chi connectivity index (χ1v) is 14.7. The van der Waals surface area contributed by atoms with Crippen molar-refractivity contribution in [1.29, 1.82) is 0 Å². The summed E-state index contributed by atoms with van der Waals surface area (Å²) in [6, 6.07) is 27.4. The Morgan fingerprint density at radius 2 is 1.50 bits per heavy atom. The lowest BCUT2D eigenvalue weighted by Crippen LogP contribution is -2.55. The van der Waals surface area contributed by atoms with E-state index in [1.807, 2.05) is 86.6 Å². The third-order valence-corrected chi connectivity index (χ3v) is 7.04. The zero-order chi connectivity index (χ0) is 31.9. The Balaban J connectivity index is 1.77. The van der Waals surface area contributed by atoms with Crippen molar-refractivity contribution >= 4 is 34.4 Å². The fourth-order valence-electron chi connectivity index (χ4n) is 5.12. The SMILES string of the molecule is C#Cc1ccccc1C(C(=O)Nc1ccc2ccccc2c1)N(C(=O)C(Cc1ccccc1)NC(=O)OC(C)(C)C)C(C)C. The van der Waals surface area contributed by atoms with Crippen LogP contribution in [0.25, 0.3) is 10.8 Å². The molecule has 44 heavy (non-hydrogen) atoms. The Kier molecular flexibility index (Phi) is 10.1. The summed E-state index contributed by atoms with van der Waals surface area (Å²) in [5.74, 6) is 1.80. The van der Waals surface area contributed by atoms with Crippen LogP contribution in [0.5, 0.6) is 0 Å². The molecule has 0 aliphatic carbocycles. The van der Waals surface area contributed by atoms with Crippen molar-refractivity contribution in [3.05, 3.63) is 114 Å². The molecular weight excluding hydrogens is 550 g/mol. The number of rotatable bonds is 9. The third-order valence-electron chi connectivity index (χ3n) is 7.04. The summed E-state index contributed by atoms with van der Waals surface area (Å²) in [5.41, 5.74) is 1.65. The van der Waals surface area contributed by atoms with Gasteiger partial charge in [-0.3, -0.25) is 9.59 Å². The Bertz CT molecular complexity index is 1670. The molecule has 2 N–H and O–H groups in total. The van der Waals surface area contributed by atoms with Gasteiger partial charge < -0.3 is 20.3 Å². The van der Waals surface area contributed by atoms with E-state index in [0.29, 0.717) is 16.8 Å². The molecule has 0 bridgehead atoms. The summed E-state index contributed by atoms with van der Waals surface area (Å²) in [5, 5.41) is 7.80. The number of nitrogens with zero attached hydrogens (tertiary/aromatic N) is 1. The first-order chi connectivity index (χ1) is 21.0. The smallest absolute Gasteiger partial charge is 0.408 e. The fraction of sp³-hybridized carbons (Fsp3) is 0.270. The Morgan fingerprint density at radius 3 is 2.16 bits per heavy atom. The topological polar surface area (TPSA) is 87.7 Å². The van der Waals surface area contributed by atoms with E-state index >= 15 is 0 Å². The van der Waals surface area contributed by atoms with Crippen LogP contribution >= 0.6 is 0 Å². The number of hydrogen-bond donors (Lipinski definition) is 2. The molecule has 0 aromatic heterocycles. The average Bonchev–Trinajstić information content (AvgIpc) is 2.98. The molecule has 3 amide bonds. The molecular formula is C37H39N3O4. The highest BCUT2D eigenvalue weighted by Gasteiger charge is 2.38. The van der Waals surface area contributed by atoms with Crippen molar-refractivity contribution in [1.82, 2.24) is 10.2 Å². The largest absolute Gasteiger partial charge is 0.444 e. The van der Waals surface area contributed by atoms with E-state index in [1.54, 1.807) is 45.0 Å². The summed E-state index contributed by atoms with van der Waals surface area (Å²) in [6.07, 6.45) is 5.35. The highest BCUT2D eigenvalue weighted by atomic mass is 16.6. The van der Waals surface area contributed by atoms with Gasteiger partial charge in [0.25, 0.3) is 5.91 Å². The summed E-state index contributed by atoms with van der Waals surface area (Å²) < 4.78 is 5.51. The Labute approximate surface area is 259 Å². The molecule has 0 radical (unpaired) electrons. The lowest BCUT2D eigenvalue weighted by atomic mass is 9.95. The maximum Gasteiger partial charge on any atom is 0.408 e. The van der Waals surface area contributed by atoms with Gasteiger partial charge in [0.2, 0.25) is 5.91 Å². The second-order valence-electron chi connectivity index (χ2n) is 11.9. The number of ether oxygens (including phenoxy) is 1. The van der Waals surface area contributed by atoms with Crippen LogP contribution in [-0.2, 0) is 20.7 Å². The number of anilines is 1. The Hall–Kier alpha value is -5.09. The van der Waals surface area contributed by atoms with Crippen LogP contribution in [0, 0.1) is 12.3 Å². The summed E-state index contributed by atoms with van der Waals surface area (Å²) in [4.78, 5) is 43.3. The lowest BCUT2D eigenvalue weighted by molar-refractivity contribution is -0.142. The van der Waals surface area contributed by atoms with Crippen molar-refractivity contribution in [2.45, 2.75) is 64.8 Å². The summed E-state index contributed by atoms with van der Waals surface area (Å²) >= 11 is 0. The first kappa shape index (κ1) is 31.8. The lowest BCUT2D eigenvalue weighted by Gasteiger charge is -2.37. The number of benzene rings is 4. The van der Waals surface area contributed by atoms with Crippen LogP contribution in [0.15, 0.2) is 97.1 Å². The van der Waals surface area contributed by atoms with Gasteiger partial charge in [0, 0.05) is 23.7 Å². The van der Waals surface area contributed by atoms with E-state index in [2.05, 4.69) is 16.6 Å². The van der Waals surface area contributed by atoms with Crippen molar-refractivity contribution in [2.24, 2.45) is 0 Å². The summed E-state index contributed by atoms with van der Waals surface area (Å²) in [7, 11) is 0. The second kappa shape index (κ2) is 13.9. The van der Waals surface area contributed by atoms with Gasteiger partial charge in [-0.25, -0.2) is 4.79 Å².